The van der Waals surface area contributed by atoms with Gasteiger partial charge in [0.25, 0.3) is 0 Å². The van der Waals surface area contributed by atoms with Gasteiger partial charge in [0, 0.05) is 11.1 Å². The molecule has 2 heterocycles. The molecule has 86 valence electrons. The fourth-order valence-corrected chi connectivity index (χ4v) is 2.13. The van der Waals surface area contributed by atoms with E-state index >= 15 is 0 Å². The summed E-state index contributed by atoms with van der Waals surface area (Å²) in [6.45, 7) is 4.68. The molecule has 1 unspecified atom stereocenters. The van der Waals surface area contributed by atoms with Crippen molar-refractivity contribution in [1.82, 2.24) is 30.5 Å². The first-order chi connectivity index (χ1) is 7.65. The summed E-state index contributed by atoms with van der Waals surface area (Å²) in [5.41, 5.74) is 1.06. The molecule has 0 saturated heterocycles. The van der Waals surface area contributed by atoms with Crippen LogP contribution in [0.1, 0.15) is 29.5 Å². The Morgan fingerprint density at radius 2 is 2.38 bits per heavy atom. The first-order valence-corrected chi connectivity index (χ1v) is 5.91. The molecule has 16 heavy (non-hydrogen) atoms. The third-order valence-corrected chi connectivity index (χ3v) is 3.27. The SMILES string of the molecule is Cc1csc(C(C)NCc2nnn(C)n2)n1. The minimum Gasteiger partial charge on any atom is -0.301 e. The zero-order valence-electron chi connectivity index (χ0n) is 9.51. The van der Waals surface area contributed by atoms with Crippen molar-refractivity contribution in [1.29, 1.82) is 0 Å². The molecule has 0 saturated carbocycles. The van der Waals surface area contributed by atoms with E-state index in [-0.39, 0.29) is 6.04 Å². The highest BCUT2D eigenvalue weighted by Gasteiger charge is 2.10. The third-order valence-electron chi connectivity index (χ3n) is 2.12. The number of hydrogen-bond donors (Lipinski definition) is 1. The van der Waals surface area contributed by atoms with Gasteiger partial charge in [0.05, 0.1) is 19.6 Å². The number of nitrogens with zero attached hydrogens (tertiary/aromatic N) is 5. The predicted octanol–water partition coefficient (Wildman–Crippen LogP) is 0.826. The molecule has 0 aliphatic carbocycles. The van der Waals surface area contributed by atoms with Gasteiger partial charge in [-0.2, -0.15) is 4.80 Å². The molecule has 7 heteroatoms. The van der Waals surface area contributed by atoms with Crippen LogP contribution in [-0.4, -0.2) is 25.2 Å². The van der Waals surface area contributed by atoms with E-state index in [0.717, 1.165) is 10.7 Å². The van der Waals surface area contributed by atoms with Gasteiger partial charge in [-0.25, -0.2) is 4.98 Å². The fourth-order valence-electron chi connectivity index (χ4n) is 1.30. The van der Waals surface area contributed by atoms with E-state index in [1.807, 2.05) is 12.3 Å². The fraction of sp³-hybridized carbons (Fsp3) is 0.556. The maximum atomic E-state index is 4.42. The zero-order chi connectivity index (χ0) is 11.5. The highest BCUT2D eigenvalue weighted by molar-refractivity contribution is 7.09. The van der Waals surface area contributed by atoms with Gasteiger partial charge in [0.1, 0.15) is 5.01 Å². The molecule has 6 nitrogen and oxygen atoms in total. The van der Waals surface area contributed by atoms with Crippen molar-refractivity contribution in [2.75, 3.05) is 0 Å². The normalized spacial score (nSPS) is 12.9. The summed E-state index contributed by atoms with van der Waals surface area (Å²) in [6, 6.07) is 0.211. The van der Waals surface area contributed by atoms with Gasteiger partial charge in [0.2, 0.25) is 0 Å². The van der Waals surface area contributed by atoms with Crippen LogP contribution in [-0.2, 0) is 13.6 Å². The van der Waals surface area contributed by atoms with Crippen LogP contribution < -0.4 is 5.32 Å². The Morgan fingerprint density at radius 3 is 2.94 bits per heavy atom. The van der Waals surface area contributed by atoms with Crippen LogP contribution in [0.5, 0.6) is 0 Å². The second-order valence-electron chi connectivity index (χ2n) is 3.62. The average Bonchev–Trinajstić information content (AvgIpc) is 2.84. The second kappa shape index (κ2) is 4.67. The van der Waals surface area contributed by atoms with Crippen LogP contribution in [0.2, 0.25) is 0 Å². The Balaban J connectivity index is 1.91. The minimum absolute atomic E-state index is 0.211. The number of aryl methyl sites for hydroxylation is 2. The maximum absolute atomic E-state index is 4.42. The van der Waals surface area contributed by atoms with Crippen LogP contribution >= 0.6 is 11.3 Å². The van der Waals surface area contributed by atoms with Crippen molar-refractivity contribution in [3.8, 4) is 0 Å². The number of tetrazole rings is 1. The smallest absolute Gasteiger partial charge is 0.188 e. The third kappa shape index (κ3) is 2.61. The summed E-state index contributed by atoms with van der Waals surface area (Å²) in [5, 5.41) is 18.2. The van der Waals surface area contributed by atoms with E-state index in [2.05, 4.69) is 32.6 Å². The number of thiazole rings is 1. The van der Waals surface area contributed by atoms with Crippen molar-refractivity contribution in [2.24, 2.45) is 7.05 Å². The Bertz CT molecular complexity index is 462. The number of aromatic nitrogens is 5. The molecule has 0 aliphatic rings. The van der Waals surface area contributed by atoms with Crippen molar-refractivity contribution in [3.63, 3.8) is 0 Å². The summed E-state index contributed by atoms with van der Waals surface area (Å²) in [4.78, 5) is 5.88. The number of rotatable bonds is 4. The molecule has 0 aromatic carbocycles. The molecule has 2 aromatic rings. The first-order valence-electron chi connectivity index (χ1n) is 5.03. The van der Waals surface area contributed by atoms with Crippen molar-refractivity contribution >= 4 is 11.3 Å². The summed E-state index contributed by atoms with van der Waals surface area (Å²) in [5.74, 6) is 0.697. The molecule has 0 radical (unpaired) electrons. The van der Waals surface area contributed by atoms with Gasteiger partial charge in [-0.05, 0) is 19.1 Å². The first kappa shape index (κ1) is 11.2. The lowest BCUT2D eigenvalue weighted by molar-refractivity contribution is 0.553. The quantitative estimate of drug-likeness (QED) is 0.854. The summed E-state index contributed by atoms with van der Waals surface area (Å²) in [7, 11) is 1.75. The molecule has 0 spiro atoms. The molecule has 0 bridgehead atoms. The molecule has 0 aliphatic heterocycles. The Morgan fingerprint density at radius 1 is 1.56 bits per heavy atom. The minimum atomic E-state index is 0.211. The lowest BCUT2D eigenvalue weighted by atomic mass is 10.3. The lowest BCUT2D eigenvalue weighted by Gasteiger charge is -2.08. The van der Waals surface area contributed by atoms with E-state index in [1.165, 1.54) is 4.80 Å². The number of hydrogen-bond acceptors (Lipinski definition) is 6. The van der Waals surface area contributed by atoms with Gasteiger partial charge < -0.3 is 5.32 Å². The van der Waals surface area contributed by atoms with Crippen LogP contribution in [0.3, 0.4) is 0 Å². The van der Waals surface area contributed by atoms with Crippen LogP contribution in [0.25, 0.3) is 0 Å². The topological polar surface area (TPSA) is 68.5 Å². The van der Waals surface area contributed by atoms with E-state index in [1.54, 1.807) is 18.4 Å². The Kier molecular flexibility index (Phi) is 3.25. The maximum Gasteiger partial charge on any atom is 0.188 e. The molecular formula is C9H14N6S. The van der Waals surface area contributed by atoms with E-state index in [0.29, 0.717) is 12.4 Å². The monoisotopic (exact) mass is 238 g/mol. The van der Waals surface area contributed by atoms with Crippen LogP contribution in [0.4, 0.5) is 0 Å². The molecule has 2 aromatic heterocycles. The van der Waals surface area contributed by atoms with Crippen molar-refractivity contribution in [3.05, 3.63) is 21.9 Å². The Hall–Kier alpha value is -1.34. The van der Waals surface area contributed by atoms with Crippen LogP contribution in [0, 0.1) is 6.92 Å². The van der Waals surface area contributed by atoms with Gasteiger partial charge in [-0.1, -0.05) is 0 Å². The van der Waals surface area contributed by atoms with E-state index < -0.39 is 0 Å². The van der Waals surface area contributed by atoms with Gasteiger partial charge in [-0.3, -0.25) is 0 Å². The number of nitrogens with one attached hydrogen (secondary N) is 1. The summed E-state index contributed by atoms with van der Waals surface area (Å²) >= 11 is 1.66. The molecule has 0 amide bonds. The largest absolute Gasteiger partial charge is 0.301 e. The highest BCUT2D eigenvalue weighted by atomic mass is 32.1. The molecule has 1 atom stereocenters. The standard InChI is InChI=1S/C9H14N6S/c1-6-5-16-9(11-6)7(2)10-4-8-12-14-15(3)13-8/h5,7,10H,4H2,1-3H3. The van der Waals surface area contributed by atoms with Crippen LogP contribution in [0.15, 0.2) is 5.38 Å². The average molecular weight is 238 g/mol. The summed E-state index contributed by atoms with van der Waals surface area (Å²) in [6.07, 6.45) is 0. The molecular weight excluding hydrogens is 224 g/mol. The summed E-state index contributed by atoms with van der Waals surface area (Å²) < 4.78 is 0. The molecule has 2 rings (SSSR count). The van der Waals surface area contributed by atoms with Crippen molar-refractivity contribution < 1.29 is 0 Å². The Labute approximate surface area is 97.7 Å². The van der Waals surface area contributed by atoms with E-state index in [9.17, 15) is 0 Å². The highest BCUT2D eigenvalue weighted by Crippen LogP contribution is 2.17. The van der Waals surface area contributed by atoms with Gasteiger partial charge in [-0.15, -0.1) is 21.5 Å². The van der Waals surface area contributed by atoms with Crippen molar-refractivity contribution in [2.45, 2.75) is 26.4 Å². The molecule has 1 N–H and O–H groups in total. The second-order valence-corrected chi connectivity index (χ2v) is 4.51. The lowest BCUT2D eigenvalue weighted by Crippen LogP contribution is -2.18. The predicted molar refractivity (Wildman–Crippen MR) is 60.9 cm³/mol. The zero-order valence-corrected chi connectivity index (χ0v) is 10.3. The van der Waals surface area contributed by atoms with E-state index in [4.69, 9.17) is 0 Å². The molecule has 0 fully saturated rings. The van der Waals surface area contributed by atoms with Gasteiger partial charge >= 0.3 is 0 Å². The van der Waals surface area contributed by atoms with Gasteiger partial charge in [0.15, 0.2) is 5.82 Å².